The Morgan fingerprint density at radius 3 is 2.37 bits per heavy atom. The Hall–Kier alpha value is -2.22. The molecule has 0 unspecified atom stereocenters. The van der Waals surface area contributed by atoms with Crippen LogP contribution >= 0.6 is 0 Å². The number of benzene rings is 2. The third-order valence-electron chi connectivity index (χ3n) is 5.43. The van der Waals surface area contributed by atoms with Crippen molar-refractivity contribution in [1.82, 2.24) is 14.5 Å². The van der Waals surface area contributed by atoms with E-state index in [0.717, 1.165) is 25.9 Å². The van der Waals surface area contributed by atoms with Gasteiger partial charge in [0.05, 0.1) is 5.75 Å². The second kappa shape index (κ2) is 10.2. The van der Waals surface area contributed by atoms with Crippen molar-refractivity contribution in [2.75, 3.05) is 39.8 Å². The third kappa shape index (κ3) is 6.39. The van der Waals surface area contributed by atoms with Crippen LogP contribution in [0.1, 0.15) is 33.5 Å². The smallest absolute Gasteiger partial charge is 0.251 e. The first-order valence-corrected chi connectivity index (χ1v) is 12.0. The lowest BCUT2D eigenvalue weighted by atomic mass is 10.1. The van der Waals surface area contributed by atoms with E-state index in [9.17, 15) is 13.2 Å². The van der Waals surface area contributed by atoms with Crippen LogP contribution < -0.4 is 5.32 Å². The van der Waals surface area contributed by atoms with Crippen molar-refractivity contribution in [2.24, 2.45) is 0 Å². The van der Waals surface area contributed by atoms with Gasteiger partial charge in [-0.15, -0.1) is 0 Å². The van der Waals surface area contributed by atoms with Gasteiger partial charge in [-0.2, -0.15) is 4.31 Å². The average Bonchev–Trinajstić information content (AvgIpc) is 2.72. The Kier molecular flexibility index (Phi) is 7.64. The summed E-state index contributed by atoms with van der Waals surface area (Å²) in [7, 11) is -1.34. The molecule has 1 heterocycles. The van der Waals surface area contributed by atoms with Crippen molar-refractivity contribution in [3.8, 4) is 0 Å². The molecule has 0 bridgehead atoms. The predicted octanol–water partition coefficient (Wildman–Crippen LogP) is 2.43. The van der Waals surface area contributed by atoms with E-state index in [1.165, 1.54) is 11.1 Å². The highest BCUT2D eigenvalue weighted by Gasteiger charge is 2.25. The number of rotatable bonds is 8. The molecule has 0 spiro atoms. The normalized spacial score (nSPS) is 15.8. The molecule has 7 heteroatoms. The average molecular weight is 430 g/mol. The van der Waals surface area contributed by atoms with E-state index < -0.39 is 10.0 Å². The molecular formula is C23H31N3O3S. The van der Waals surface area contributed by atoms with Crippen LogP contribution in [0.2, 0.25) is 0 Å². The monoisotopic (exact) mass is 429 g/mol. The molecule has 0 saturated carbocycles. The topological polar surface area (TPSA) is 69.7 Å². The molecular weight excluding hydrogens is 398 g/mol. The van der Waals surface area contributed by atoms with E-state index in [-0.39, 0.29) is 11.7 Å². The van der Waals surface area contributed by atoms with Crippen molar-refractivity contribution in [3.05, 3.63) is 70.8 Å². The highest BCUT2D eigenvalue weighted by atomic mass is 32.2. The fourth-order valence-corrected chi connectivity index (χ4v) is 5.10. The largest absolute Gasteiger partial charge is 0.352 e. The Bertz CT molecular complexity index is 950. The Balaban J connectivity index is 1.46. The van der Waals surface area contributed by atoms with Gasteiger partial charge in [0.2, 0.25) is 10.0 Å². The summed E-state index contributed by atoms with van der Waals surface area (Å²) in [6.45, 7) is 5.24. The lowest BCUT2D eigenvalue weighted by Gasteiger charge is -2.31. The van der Waals surface area contributed by atoms with Gasteiger partial charge < -0.3 is 10.2 Å². The first kappa shape index (κ1) is 22.5. The van der Waals surface area contributed by atoms with E-state index in [2.05, 4.69) is 41.4 Å². The zero-order valence-electron chi connectivity index (χ0n) is 17.8. The Labute approximate surface area is 179 Å². The molecule has 0 aliphatic carbocycles. The summed E-state index contributed by atoms with van der Waals surface area (Å²) in [5.41, 5.74) is 3.76. The summed E-state index contributed by atoms with van der Waals surface area (Å²) >= 11 is 0. The van der Waals surface area contributed by atoms with E-state index >= 15 is 0 Å². The second-order valence-corrected chi connectivity index (χ2v) is 9.97. The molecule has 2 aromatic rings. The van der Waals surface area contributed by atoms with Crippen LogP contribution in [0, 0.1) is 6.92 Å². The molecule has 1 N–H and O–H groups in total. The zero-order valence-corrected chi connectivity index (χ0v) is 18.6. The molecule has 1 amide bonds. The summed E-state index contributed by atoms with van der Waals surface area (Å²) in [5, 5.41) is 2.94. The van der Waals surface area contributed by atoms with Crippen LogP contribution in [0.25, 0.3) is 0 Å². The number of hydrogen-bond donors (Lipinski definition) is 1. The number of amides is 1. The number of nitrogens with one attached hydrogen (secondary N) is 1. The number of piperazine rings is 1. The molecule has 162 valence electrons. The van der Waals surface area contributed by atoms with Crippen molar-refractivity contribution >= 4 is 15.9 Å². The first-order valence-electron chi connectivity index (χ1n) is 10.4. The number of hydrogen-bond acceptors (Lipinski definition) is 4. The van der Waals surface area contributed by atoms with Gasteiger partial charge in [-0.05, 0) is 50.1 Å². The molecule has 1 fully saturated rings. The Morgan fingerprint density at radius 1 is 1.00 bits per heavy atom. The van der Waals surface area contributed by atoms with E-state index in [1.807, 2.05) is 7.05 Å². The minimum Gasteiger partial charge on any atom is -0.352 e. The molecule has 1 saturated heterocycles. The molecule has 0 atom stereocenters. The molecule has 6 nitrogen and oxygen atoms in total. The molecule has 30 heavy (non-hydrogen) atoms. The number of nitrogens with zero attached hydrogens (tertiary/aromatic N) is 2. The quantitative estimate of drug-likeness (QED) is 0.655. The minimum atomic E-state index is -3.33. The number of carbonyl (C=O) groups excluding carboxylic acids is 1. The van der Waals surface area contributed by atoms with Gasteiger partial charge in [0.15, 0.2) is 0 Å². The fraction of sp³-hybridized carbons (Fsp3) is 0.435. The van der Waals surface area contributed by atoms with Gasteiger partial charge in [0, 0.05) is 38.3 Å². The van der Waals surface area contributed by atoms with Gasteiger partial charge >= 0.3 is 0 Å². The lowest BCUT2D eigenvalue weighted by molar-refractivity contribution is 0.0953. The molecule has 0 aromatic heterocycles. The molecule has 1 aliphatic heterocycles. The lowest BCUT2D eigenvalue weighted by Crippen LogP contribution is -2.47. The van der Waals surface area contributed by atoms with Gasteiger partial charge in [0.25, 0.3) is 5.91 Å². The van der Waals surface area contributed by atoms with E-state index in [4.69, 9.17) is 0 Å². The third-order valence-corrected chi connectivity index (χ3v) is 7.28. The van der Waals surface area contributed by atoms with Gasteiger partial charge in [-0.1, -0.05) is 42.0 Å². The second-order valence-electron chi connectivity index (χ2n) is 8.00. The van der Waals surface area contributed by atoms with Crippen molar-refractivity contribution < 1.29 is 13.2 Å². The van der Waals surface area contributed by atoms with Crippen LogP contribution in [0.3, 0.4) is 0 Å². The Morgan fingerprint density at radius 2 is 1.70 bits per heavy atom. The van der Waals surface area contributed by atoms with Gasteiger partial charge in [0.1, 0.15) is 0 Å². The van der Waals surface area contributed by atoms with E-state index in [1.54, 1.807) is 28.6 Å². The van der Waals surface area contributed by atoms with Gasteiger partial charge in [-0.3, -0.25) is 4.79 Å². The van der Waals surface area contributed by atoms with Crippen LogP contribution in [-0.2, 0) is 22.2 Å². The van der Waals surface area contributed by atoms with Crippen LogP contribution in [-0.4, -0.2) is 63.3 Å². The number of likely N-dealkylation sites (N-methyl/N-ethyl adjacent to an activating group) is 1. The van der Waals surface area contributed by atoms with Crippen LogP contribution in [0.15, 0.2) is 48.5 Å². The molecule has 3 rings (SSSR count). The maximum atomic E-state index is 12.6. The summed E-state index contributed by atoms with van der Waals surface area (Å²) in [4.78, 5) is 14.5. The standard InChI is InChI=1S/C23H31N3O3S/c1-19-5-3-6-20(17-19)7-4-12-24-23(27)22-10-8-21(9-11-22)18-30(28,29)26-15-13-25(2)14-16-26/h3,5-6,8-11,17H,4,7,12-16,18H2,1-2H3,(H,24,27). The summed E-state index contributed by atoms with van der Waals surface area (Å²) in [5.74, 6) is -0.164. The first-order chi connectivity index (χ1) is 14.3. The number of carbonyl (C=O) groups is 1. The SMILES string of the molecule is Cc1cccc(CCCNC(=O)c2ccc(CS(=O)(=O)N3CCN(C)CC3)cc2)c1. The van der Waals surface area contributed by atoms with Crippen molar-refractivity contribution in [1.29, 1.82) is 0 Å². The fourth-order valence-electron chi connectivity index (χ4n) is 3.58. The molecule has 1 aliphatic rings. The number of aryl methyl sites for hydroxylation is 2. The van der Waals surface area contributed by atoms with Crippen molar-refractivity contribution in [2.45, 2.75) is 25.5 Å². The summed E-state index contributed by atoms with van der Waals surface area (Å²) in [6.07, 6.45) is 1.79. The molecule has 0 radical (unpaired) electrons. The number of sulfonamides is 1. The maximum Gasteiger partial charge on any atom is 0.251 e. The predicted molar refractivity (Wildman–Crippen MR) is 120 cm³/mol. The van der Waals surface area contributed by atoms with Crippen LogP contribution in [0.4, 0.5) is 0 Å². The summed E-state index contributed by atoms with van der Waals surface area (Å²) in [6, 6.07) is 15.3. The van der Waals surface area contributed by atoms with E-state index in [0.29, 0.717) is 30.8 Å². The zero-order chi connectivity index (χ0) is 21.6. The summed E-state index contributed by atoms with van der Waals surface area (Å²) < 4.78 is 26.8. The van der Waals surface area contributed by atoms with Crippen molar-refractivity contribution in [3.63, 3.8) is 0 Å². The highest BCUT2D eigenvalue weighted by molar-refractivity contribution is 7.88. The maximum absolute atomic E-state index is 12.6. The minimum absolute atomic E-state index is 0.0326. The highest BCUT2D eigenvalue weighted by Crippen LogP contribution is 2.14. The van der Waals surface area contributed by atoms with Gasteiger partial charge in [-0.25, -0.2) is 8.42 Å². The van der Waals surface area contributed by atoms with Crippen LogP contribution in [0.5, 0.6) is 0 Å². The molecule has 2 aromatic carbocycles.